The van der Waals surface area contributed by atoms with Crippen LogP contribution in [-0.2, 0) is 17.4 Å². The number of halogens is 1. The number of hydrogen-bond donors (Lipinski definition) is 1. The smallest absolute Gasteiger partial charge is 0.772 e. The minimum Gasteiger partial charge on any atom is -0.772 e. The van der Waals surface area contributed by atoms with Crippen molar-refractivity contribution in [2.45, 2.75) is 0 Å². The Bertz CT molecular complexity index is 850. The Morgan fingerprint density at radius 1 is 1.12 bits per heavy atom. The summed E-state index contributed by atoms with van der Waals surface area (Å²) in [5, 5.41) is 12.3. The van der Waals surface area contributed by atoms with Gasteiger partial charge < -0.3 is 17.9 Å². The van der Waals surface area contributed by atoms with Crippen LogP contribution in [0.1, 0.15) is 10.4 Å². The Hall–Kier alpha value is -1.33. The van der Waals surface area contributed by atoms with Gasteiger partial charge in [-0.3, -0.25) is 9.59 Å². The molecule has 2 aromatic carbocycles. The first-order valence-corrected chi connectivity index (χ1v) is 8.88. The van der Waals surface area contributed by atoms with Crippen LogP contribution in [0.25, 0.3) is 0 Å². The number of thioether (sulfide) groups is 1. The maximum atomic E-state index is 12.2. The fourth-order valence-corrected chi connectivity index (χ4v) is 2.98. The van der Waals surface area contributed by atoms with E-state index in [1.54, 1.807) is 54.6 Å². The second-order valence-corrected chi connectivity index (χ2v) is 6.90. The first-order valence-electron chi connectivity index (χ1n) is 7.10. The predicted molar refractivity (Wildman–Crippen MR) is 103 cm³/mol. The van der Waals surface area contributed by atoms with Gasteiger partial charge in [0.1, 0.15) is 11.6 Å². The van der Waals surface area contributed by atoms with Crippen LogP contribution in [0.2, 0.25) is 5.02 Å². The maximum absolute atomic E-state index is 12.2. The number of rotatable bonds is 6. The van der Waals surface area contributed by atoms with Crippen molar-refractivity contribution in [3.8, 4) is 6.07 Å². The van der Waals surface area contributed by atoms with E-state index in [1.165, 1.54) is 0 Å². The van der Waals surface area contributed by atoms with E-state index in [4.69, 9.17) is 24.2 Å². The topological polar surface area (TPSA) is 70.0 Å². The normalized spacial score (nSPS) is 10.8. The molecule has 0 saturated heterocycles. The van der Waals surface area contributed by atoms with E-state index in [9.17, 15) is 14.9 Å². The molecule has 8 heteroatoms. The minimum atomic E-state index is -0.616. The molecule has 1 N–H and O–H groups in total. The zero-order valence-electron chi connectivity index (χ0n) is 13.9. The SMILES string of the molecule is N#C/C(C(=O)Nc1ccc(Cl)cc1)=C(/[S-])SCC(=O)c1ccccc1.[Na+]. The minimum absolute atomic E-state index is 0. The van der Waals surface area contributed by atoms with Crippen molar-refractivity contribution in [3.63, 3.8) is 0 Å². The summed E-state index contributed by atoms with van der Waals surface area (Å²) < 4.78 is 0.0817. The van der Waals surface area contributed by atoms with Gasteiger partial charge in [-0.05, 0) is 24.3 Å². The average Bonchev–Trinajstić information content (AvgIpc) is 2.63. The Morgan fingerprint density at radius 3 is 2.31 bits per heavy atom. The van der Waals surface area contributed by atoms with Crippen molar-refractivity contribution >= 4 is 53.4 Å². The van der Waals surface area contributed by atoms with Gasteiger partial charge in [-0.2, -0.15) is 5.26 Å². The number of nitriles is 1. The number of nitrogens with zero attached hydrogens (tertiary/aromatic N) is 1. The van der Waals surface area contributed by atoms with E-state index in [0.29, 0.717) is 16.3 Å². The Labute approximate surface area is 188 Å². The molecule has 2 aromatic rings. The van der Waals surface area contributed by atoms with Crippen molar-refractivity contribution in [2.24, 2.45) is 0 Å². The van der Waals surface area contributed by atoms with Crippen molar-refractivity contribution in [3.05, 3.63) is 75.0 Å². The number of nitrogens with one attached hydrogen (secondary N) is 1. The molecule has 4 nitrogen and oxygen atoms in total. The molecule has 0 bridgehead atoms. The number of hydrogen-bond acceptors (Lipinski definition) is 5. The maximum Gasteiger partial charge on any atom is 1.00 e. The second kappa shape index (κ2) is 11.4. The summed E-state index contributed by atoms with van der Waals surface area (Å²) in [6, 6.07) is 17.0. The Morgan fingerprint density at radius 2 is 1.73 bits per heavy atom. The number of anilines is 1. The van der Waals surface area contributed by atoms with Crippen LogP contribution in [0.3, 0.4) is 0 Å². The summed E-state index contributed by atoms with van der Waals surface area (Å²) in [6.45, 7) is 0. The first-order chi connectivity index (χ1) is 12.0. The number of carbonyl (C=O) groups excluding carboxylic acids is 2. The van der Waals surface area contributed by atoms with Crippen LogP contribution in [0, 0.1) is 11.3 Å². The zero-order chi connectivity index (χ0) is 18.2. The second-order valence-electron chi connectivity index (χ2n) is 4.81. The Kier molecular flexibility index (Phi) is 9.96. The van der Waals surface area contributed by atoms with Crippen LogP contribution >= 0.6 is 23.4 Å². The molecular formula is C18H12ClN2NaO2S2. The monoisotopic (exact) mass is 410 g/mol. The molecule has 0 radical (unpaired) electrons. The third-order valence-electron chi connectivity index (χ3n) is 3.08. The standard InChI is InChI=1S/C18H13ClN2O2S2.Na/c19-13-6-8-14(9-7-13)21-17(23)15(10-20)18(24)25-11-16(22)12-4-2-1-3-5-12;/h1-9,24H,11H2,(H,21,23);/q;+1/p-1/b18-15+;. The first kappa shape index (κ1) is 22.7. The molecule has 0 spiro atoms. The van der Waals surface area contributed by atoms with Crippen molar-refractivity contribution < 1.29 is 39.1 Å². The third kappa shape index (κ3) is 6.76. The van der Waals surface area contributed by atoms with Gasteiger partial charge in [0.2, 0.25) is 0 Å². The fourth-order valence-electron chi connectivity index (χ4n) is 1.83. The average molecular weight is 411 g/mol. The largest absolute Gasteiger partial charge is 1.00 e. The van der Waals surface area contributed by atoms with Gasteiger partial charge in [0, 0.05) is 16.3 Å². The van der Waals surface area contributed by atoms with Gasteiger partial charge in [-0.15, -0.1) is 16.0 Å². The van der Waals surface area contributed by atoms with Crippen LogP contribution in [-0.4, -0.2) is 17.4 Å². The van der Waals surface area contributed by atoms with Crippen molar-refractivity contribution in [1.29, 1.82) is 5.26 Å². The van der Waals surface area contributed by atoms with Crippen LogP contribution in [0.5, 0.6) is 0 Å². The van der Waals surface area contributed by atoms with Gasteiger partial charge in [-0.1, -0.05) is 41.9 Å². The van der Waals surface area contributed by atoms with E-state index in [1.807, 2.05) is 6.07 Å². The van der Waals surface area contributed by atoms with E-state index >= 15 is 0 Å². The number of Topliss-reactive ketones (excluding diaryl/α,β-unsaturated/α-hetero) is 1. The van der Waals surface area contributed by atoms with Crippen LogP contribution < -0.4 is 34.9 Å². The van der Waals surface area contributed by atoms with Gasteiger partial charge in [0.15, 0.2) is 5.78 Å². The van der Waals surface area contributed by atoms with Crippen molar-refractivity contribution in [2.75, 3.05) is 11.1 Å². The summed E-state index contributed by atoms with van der Waals surface area (Å²) in [6.07, 6.45) is 0. The quantitative estimate of drug-likeness (QED) is 0.254. The molecule has 126 valence electrons. The van der Waals surface area contributed by atoms with E-state index in [2.05, 4.69) is 5.32 Å². The third-order valence-corrected chi connectivity index (χ3v) is 4.76. The molecule has 0 aliphatic rings. The molecule has 0 fully saturated rings. The zero-order valence-corrected chi connectivity index (χ0v) is 18.3. The molecule has 0 unspecified atom stereocenters. The van der Waals surface area contributed by atoms with E-state index in [-0.39, 0.29) is 50.9 Å². The summed E-state index contributed by atoms with van der Waals surface area (Å²) in [7, 11) is 0. The van der Waals surface area contributed by atoms with Crippen LogP contribution in [0.15, 0.2) is 64.4 Å². The molecule has 1 amide bonds. The van der Waals surface area contributed by atoms with Gasteiger partial charge >= 0.3 is 29.6 Å². The molecule has 0 saturated carbocycles. The number of carbonyl (C=O) groups is 2. The number of ketones is 1. The van der Waals surface area contributed by atoms with Crippen LogP contribution in [0.4, 0.5) is 5.69 Å². The summed E-state index contributed by atoms with van der Waals surface area (Å²) in [5.41, 5.74) is 0.855. The molecule has 2 rings (SSSR count). The Balaban J connectivity index is 0.00000338. The fraction of sp³-hybridized carbons (Fsp3) is 0.0556. The molecule has 26 heavy (non-hydrogen) atoms. The van der Waals surface area contributed by atoms with E-state index < -0.39 is 5.91 Å². The van der Waals surface area contributed by atoms with Crippen molar-refractivity contribution in [1.82, 2.24) is 0 Å². The molecular weight excluding hydrogens is 399 g/mol. The van der Waals surface area contributed by atoms with Gasteiger partial charge in [-0.25, -0.2) is 0 Å². The summed E-state index contributed by atoms with van der Waals surface area (Å²) in [4.78, 5) is 24.3. The molecule has 0 aliphatic carbocycles. The number of benzene rings is 2. The molecule has 0 atom stereocenters. The molecule has 0 aliphatic heterocycles. The van der Waals surface area contributed by atoms with Gasteiger partial charge in [0.25, 0.3) is 5.91 Å². The number of amides is 1. The molecule has 0 aromatic heterocycles. The summed E-state index contributed by atoms with van der Waals surface area (Å²) in [5.74, 6) is -0.680. The summed E-state index contributed by atoms with van der Waals surface area (Å²) >= 11 is 11.9. The predicted octanol–water partition coefficient (Wildman–Crippen LogP) is 1.18. The molecule has 0 heterocycles. The van der Waals surface area contributed by atoms with E-state index in [0.717, 1.165) is 11.8 Å². The van der Waals surface area contributed by atoms with Gasteiger partial charge in [0.05, 0.1) is 5.75 Å².